The molecule has 0 aliphatic heterocycles. The summed E-state index contributed by atoms with van der Waals surface area (Å²) in [6, 6.07) is 0. The van der Waals surface area contributed by atoms with Crippen LogP contribution in [0.25, 0.3) is 0 Å². The van der Waals surface area contributed by atoms with Gasteiger partial charge in [0.1, 0.15) is 6.61 Å². The van der Waals surface area contributed by atoms with Crippen LogP contribution >= 0.6 is 0 Å². The molecule has 12 heavy (non-hydrogen) atoms. The van der Waals surface area contributed by atoms with E-state index in [0.717, 1.165) is 0 Å². The van der Waals surface area contributed by atoms with Gasteiger partial charge in [-0.15, -0.1) is 0 Å². The first-order valence-electron chi connectivity index (χ1n) is 3.52. The van der Waals surface area contributed by atoms with Crippen LogP contribution in [0.1, 0.15) is 5.69 Å². The first-order valence-corrected chi connectivity index (χ1v) is 3.52. The standard InChI is InChI=1S/C7H10N2O3/c10-1-2-12-7-4-8-3-6(5-11)9-7/h3-4,10-11H,1-2,5H2. The zero-order valence-electron chi connectivity index (χ0n) is 6.47. The van der Waals surface area contributed by atoms with Gasteiger partial charge in [-0.3, -0.25) is 4.98 Å². The Hall–Kier alpha value is -1.20. The fourth-order valence-corrected chi connectivity index (χ4v) is 0.682. The van der Waals surface area contributed by atoms with Gasteiger partial charge in [-0.2, -0.15) is 0 Å². The summed E-state index contributed by atoms with van der Waals surface area (Å²) in [4.78, 5) is 7.66. The molecule has 0 aliphatic rings. The average Bonchev–Trinajstić information content (AvgIpc) is 2.15. The van der Waals surface area contributed by atoms with E-state index in [0.29, 0.717) is 11.6 Å². The highest BCUT2D eigenvalue weighted by molar-refractivity contribution is 5.07. The van der Waals surface area contributed by atoms with Crippen LogP contribution in [0.5, 0.6) is 5.88 Å². The lowest BCUT2D eigenvalue weighted by molar-refractivity contribution is 0.194. The van der Waals surface area contributed by atoms with Crippen molar-refractivity contribution in [2.24, 2.45) is 0 Å². The van der Waals surface area contributed by atoms with Gasteiger partial charge in [0, 0.05) is 0 Å². The predicted octanol–water partition coefficient (Wildman–Crippen LogP) is -0.660. The topological polar surface area (TPSA) is 75.5 Å². The molecule has 0 saturated carbocycles. The molecule has 5 heteroatoms. The zero-order chi connectivity index (χ0) is 8.81. The molecule has 0 radical (unpaired) electrons. The van der Waals surface area contributed by atoms with Crippen molar-refractivity contribution in [3.05, 3.63) is 18.1 Å². The van der Waals surface area contributed by atoms with E-state index in [1.807, 2.05) is 0 Å². The fraction of sp³-hybridized carbons (Fsp3) is 0.429. The summed E-state index contributed by atoms with van der Waals surface area (Å²) in [5, 5.41) is 17.1. The molecule has 0 unspecified atom stereocenters. The highest BCUT2D eigenvalue weighted by atomic mass is 16.5. The lowest BCUT2D eigenvalue weighted by atomic mass is 10.5. The van der Waals surface area contributed by atoms with Gasteiger partial charge in [0.05, 0.1) is 31.3 Å². The minimum Gasteiger partial charge on any atom is -0.474 e. The Morgan fingerprint density at radius 3 is 2.83 bits per heavy atom. The number of rotatable bonds is 4. The molecule has 0 fully saturated rings. The minimum absolute atomic E-state index is 0.0645. The molecular weight excluding hydrogens is 160 g/mol. The van der Waals surface area contributed by atoms with E-state index in [4.69, 9.17) is 14.9 Å². The van der Waals surface area contributed by atoms with Gasteiger partial charge in [0.15, 0.2) is 0 Å². The molecule has 0 aliphatic carbocycles. The molecule has 0 atom stereocenters. The van der Waals surface area contributed by atoms with E-state index in [9.17, 15) is 0 Å². The smallest absolute Gasteiger partial charge is 0.232 e. The number of aromatic nitrogens is 2. The van der Waals surface area contributed by atoms with Gasteiger partial charge in [0.25, 0.3) is 0 Å². The van der Waals surface area contributed by atoms with Gasteiger partial charge < -0.3 is 14.9 Å². The van der Waals surface area contributed by atoms with Crippen LogP contribution < -0.4 is 4.74 Å². The lowest BCUT2D eigenvalue weighted by Gasteiger charge is -2.02. The SMILES string of the molecule is OCCOc1cncc(CO)n1. The van der Waals surface area contributed by atoms with Crippen molar-refractivity contribution in [2.45, 2.75) is 6.61 Å². The van der Waals surface area contributed by atoms with Crippen LogP contribution in [0.3, 0.4) is 0 Å². The molecule has 0 aromatic carbocycles. The largest absolute Gasteiger partial charge is 0.474 e. The Labute approximate surface area is 69.7 Å². The molecule has 1 aromatic heterocycles. The number of aliphatic hydroxyl groups is 2. The van der Waals surface area contributed by atoms with Crippen LogP contribution in [0.15, 0.2) is 12.4 Å². The summed E-state index contributed by atoms with van der Waals surface area (Å²) >= 11 is 0. The van der Waals surface area contributed by atoms with Crippen molar-refractivity contribution in [1.29, 1.82) is 0 Å². The summed E-state index contributed by atoms with van der Waals surface area (Å²) in [5.41, 5.74) is 0.449. The quantitative estimate of drug-likeness (QED) is 0.627. The Kier molecular flexibility index (Phi) is 3.43. The van der Waals surface area contributed by atoms with Crippen molar-refractivity contribution in [3.8, 4) is 5.88 Å². The van der Waals surface area contributed by atoms with Crippen LogP contribution in [0.4, 0.5) is 0 Å². The molecule has 1 rings (SSSR count). The number of hydrogen-bond acceptors (Lipinski definition) is 5. The molecule has 1 heterocycles. The monoisotopic (exact) mass is 170 g/mol. The zero-order valence-corrected chi connectivity index (χ0v) is 6.47. The fourth-order valence-electron chi connectivity index (χ4n) is 0.682. The number of ether oxygens (including phenoxy) is 1. The van der Waals surface area contributed by atoms with Gasteiger partial charge >= 0.3 is 0 Å². The molecule has 5 nitrogen and oxygen atoms in total. The summed E-state index contributed by atoms with van der Waals surface area (Å²) in [5.74, 6) is 0.315. The van der Waals surface area contributed by atoms with Gasteiger partial charge in [-0.05, 0) is 0 Å². The number of aliphatic hydroxyl groups excluding tert-OH is 2. The maximum Gasteiger partial charge on any atom is 0.232 e. The second-order valence-corrected chi connectivity index (χ2v) is 2.08. The van der Waals surface area contributed by atoms with Crippen molar-refractivity contribution >= 4 is 0 Å². The Bertz CT molecular complexity index is 242. The van der Waals surface area contributed by atoms with E-state index < -0.39 is 0 Å². The molecule has 0 bridgehead atoms. The number of hydrogen-bond donors (Lipinski definition) is 2. The first-order chi connectivity index (χ1) is 5.86. The lowest BCUT2D eigenvalue weighted by Crippen LogP contribution is -2.04. The Balaban J connectivity index is 2.60. The van der Waals surface area contributed by atoms with Crippen LogP contribution in [-0.4, -0.2) is 33.4 Å². The van der Waals surface area contributed by atoms with Gasteiger partial charge in [0.2, 0.25) is 5.88 Å². The van der Waals surface area contributed by atoms with Gasteiger partial charge in [-0.25, -0.2) is 4.98 Å². The maximum absolute atomic E-state index is 8.68. The first kappa shape index (κ1) is 8.89. The summed E-state index contributed by atoms with van der Waals surface area (Å²) < 4.78 is 4.96. The summed E-state index contributed by atoms with van der Waals surface area (Å²) in [7, 11) is 0. The van der Waals surface area contributed by atoms with Crippen LogP contribution in [0.2, 0.25) is 0 Å². The molecule has 0 amide bonds. The average molecular weight is 170 g/mol. The van der Waals surface area contributed by atoms with Crippen LogP contribution in [-0.2, 0) is 6.61 Å². The maximum atomic E-state index is 8.68. The van der Waals surface area contributed by atoms with Crippen LogP contribution in [0, 0.1) is 0 Å². The molecule has 0 spiro atoms. The second kappa shape index (κ2) is 4.63. The molecule has 0 saturated heterocycles. The van der Waals surface area contributed by atoms with Crippen molar-refractivity contribution in [2.75, 3.05) is 13.2 Å². The third-order valence-electron chi connectivity index (χ3n) is 1.17. The molecule has 1 aromatic rings. The highest BCUT2D eigenvalue weighted by Crippen LogP contribution is 2.04. The van der Waals surface area contributed by atoms with Gasteiger partial charge in [-0.1, -0.05) is 0 Å². The molecule has 66 valence electrons. The normalized spacial score (nSPS) is 9.83. The third-order valence-corrected chi connectivity index (χ3v) is 1.17. The summed E-state index contributed by atoms with van der Waals surface area (Å²) in [6.07, 6.45) is 2.88. The van der Waals surface area contributed by atoms with E-state index >= 15 is 0 Å². The minimum atomic E-state index is -0.163. The van der Waals surface area contributed by atoms with E-state index in [-0.39, 0.29) is 19.8 Å². The Morgan fingerprint density at radius 1 is 1.33 bits per heavy atom. The Morgan fingerprint density at radius 2 is 2.17 bits per heavy atom. The van der Waals surface area contributed by atoms with Crippen molar-refractivity contribution in [1.82, 2.24) is 9.97 Å². The second-order valence-electron chi connectivity index (χ2n) is 2.08. The van der Waals surface area contributed by atoms with Crippen molar-refractivity contribution < 1.29 is 14.9 Å². The molecular formula is C7H10N2O3. The van der Waals surface area contributed by atoms with E-state index in [1.54, 1.807) is 0 Å². The molecule has 2 N–H and O–H groups in total. The number of nitrogens with zero attached hydrogens (tertiary/aromatic N) is 2. The summed E-state index contributed by atoms with van der Waals surface area (Å²) in [6.45, 7) is -0.0437. The predicted molar refractivity (Wildman–Crippen MR) is 40.5 cm³/mol. The van der Waals surface area contributed by atoms with Crippen molar-refractivity contribution in [3.63, 3.8) is 0 Å². The van der Waals surface area contributed by atoms with E-state index in [1.165, 1.54) is 12.4 Å². The van der Waals surface area contributed by atoms with E-state index in [2.05, 4.69) is 9.97 Å². The highest BCUT2D eigenvalue weighted by Gasteiger charge is 1.97. The third kappa shape index (κ3) is 2.44.